The van der Waals surface area contributed by atoms with Crippen LogP contribution in [0, 0.1) is 0 Å². The van der Waals surface area contributed by atoms with Crippen LogP contribution < -0.4 is 10.2 Å². The predicted molar refractivity (Wildman–Crippen MR) is 209 cm³/mol. The first kappa shape index (κ1) is 39.1. The summed E-state index contributed by atoms with van der Waals surface area (Å²) in [7, 11) is 0. The van der Waals surface area contributed by atoms with Crippen molar-refractivity contribution in [3.05, 3.63) is 119 Å². The Morgan fingerprint density at radius 2 is 1.00 bits per heavy atom. The first-order valence-corrected chi connectivity index (χ1v) is 19.6. The Morgan fingerprint density at radius 1 is 0.647 bits per heavy atom. The minimum absolute atomic E-state index is 0.165. The number of hydrogen-bond donors (Lipinski definition) is 4. The Balaban J connectivity index is 0.000000205. The lowest BCUT2D eigenvalue weighted by atomic mass is 9.99. The van der Waals surface area contributed by atoms with E-state index in [-0.39, 0.29) is 11.7 Å². The number of hydrogen-bond acceptors (Lipinski definition) is 7. The fraction of sp³-hybridized carbons (Fsp3) is 0.270. The number of carboxylic acids is 2. The zero-order chi connectivity index (χ0) is 36.5. The fourth-order valence-electron chi connectivity index (χ4n) is 6.14. The molecule has 0 bridgehead atoms. The fourth-order valence-corrected chi connectivity index (χ4v) is 8.95. The van der Waals surface area contributed by atoms with E-state index in [4.69, 9.17) is 56.4 Å². The van der Waals surface area contributed by atoms with E-state index in [1.54, 1.807) is 11.8 Å². The highest BCUT2D eigenvalue weighted by atomic mass is 35.6. The highest BCUT2D eigenvalue weighted by Gasteiger charge is 2.31. The van der Waals surface area contributed by atoms with Crippen molar-refractivity contribution in [2.75, 3.05) is 29.6 Å². The number of alkyl carbamates (subject to hydrolysis) is 1. The Hall–Kier alpha value is -3.09. The van der Waals surface area contributed by atoms with Gasteiger partial charge < -0.3 is 20.3 Å². The van der Waals surface area contributed by atoms with Crippen molar-refractivity contribution in [3.8, 4) is 22.3 Å². The van der Waals surface area contributed by atoms with Crippen LogP contribution in [0.1, 0.15) is 34.1 Å². The molecule has 268 valence electrons. The van der Waals surface area contributed by atoms with E-state index in [0.29, 0.717) is 17.4 Å². The SMILES string of the molecule is O=C(N[C@H](CSCC1c2ccccc2-c2ccccc21)C(=O)O)OCC(Cl)(Cl)Cl.O=C(O)C(CSCC1c2ccccc2-c2ccccc21)NCl. The maximum absolute atomic E-state index is 11.8. The Kier molecular flexibility index (Phi) is 13.9. The number of amides is 1. The van der Waals surface area contributed by atoms with Crippen molar-refractivity contribution in [1.29, 1.82) is 0 Å². The second-order valence-corrected chi connectivity index (χ2v) is 16.6. The number of alkyl halides is 3. The van der Waals surface area contributed by atoms with Crippen LogP contribution in [0.2, 0.25) is 0 Å². The van der Waals surface area contributed by atoms with Gasteiger partial charge in [-0.1, -0.05) is 132 Å². The number of carbonyl (C=O) groups excluding carboxylic acids is 1. The lowest BCUT2D eigenvalue weighted by Crippen LogP contribution is -2.43. The molecule has 0 heterocycles. The summed E-state index contributed by atoms with van der Waals surface area (Å²) in [5, 5.41) is 20.7. The van der Waals surface area contributed by atoms with Gasteiger partial charge >= 0.3 is 18.0 Å². The van der Waals surface area contributed by atoms with Gasteiger partial charge in [0.1, 0.15) is 18.7 Å². The predicted octanol–water partition coefficient (Wildman–Crippen LogP) is 8.81. The van der Waals surface area contributed by atoms with E-state index in [1.165, 1.54) is 56.3 Å². The van der Waals surface area contributed by atoms with E-state index < -0.39 is 40.5 Å². The summed E-state index contributed by atoms with van der Waals surface area (Å²) in [6.07, 6.45) is -0.944. The topological polar surface area (TPSA) is 125 Å². The van der Waals surface area contributed by atoms with Crippen LogP contribution in [0.15, 0.2) is 97.1 Å². The third-order valence-electron chi connectivity index (χ3n) is 8.45. The smallest absolute Gasteiger partial charge is 0.408 e. The van der Waals surface area contributed by atoms with Crippen molar-refractivity contribution in [2.45, 2.75) is 27.7 Å². The van der Waals surface area contributed by atoms with Gasteiger partial charge in [-0.15, -0.1) is 0 Å². The van der Waals surface area contributed by atoms with Gasteiger partial charge in [0.25, 0.3) is 0 Å². The van der Waals surface area contributed by atoms with Gasteiger partial charge in [-0.25, -0.2) is 14.4 Å². The van der Waals surface area contributed by atoms with Crippen LogP contribution >= 0.6 is 70.1 Å². The molecule has 0 fully saturated rings. The summed E-state index contributed by atoms with van der Waals surface area (Å²) in [5.74, 6) is 0.545. The van der Waals surface area contributed by atoms with Crippen LogP contribution in [0.4, 0.5) is 4.79 Å². The molecule has 14 heteroatoms. The minimum Gasteiger partial charge on any atom is -0.480 e. The van der Waals surface area contributed by atoms with Crippen molar-refractivity contribution in [2.24, 2.45) is 0 Å². The number of carboxylic acid groups (broad SMARTS) is 2. The number of ether oxygens (including phenoxy) is 1. The van der Waals surface area contributed by atoms with Crippen LogP contribution in [-0.4, -0.2) is 73.7 Å². The normalized spacial score (nSPS) is 14.2. The van der Waals surface area contributed by atoms with Crippen LogP contribution in [0.5, 0.6) is 0 Å². The molecule has 2 aliphatic rings. The Bertz CT molecular complexity index is 1770. The summed E-state index contributed by atoms with van der Waals surface area (Å²) >= 11 is 25.1. The minimum atomic E-state index is -1.76. The molecular formula is C37H34Cl4N2O6S2. The first-order valence-electron chi connectivity index (χ1n) is 15.8. The van der Waals surface area contributed by atoms with Crippen molar-refractivity contribution in [3.63, 3.8) is 0 Å². The monoisotopic (exact) mass is 806 g/mol. The van der Waals surface area contributed by atoms with Gasteiger partial charge in [-0.2, -0.15) is 23.5 Å². The summed E-state index contributed by atoms with van der Waals surface area (Å²) in [6, 6.07) is 31.4. The van der Waals surface area contributed by atoms with E-state index >= 15 is 0 Å². The molecule has 0 aliphatic heterocycles. The van der Waals surface area contributed by atoms with Crippen molar-refractivity contribution < 1.29 is 29.3 Å². The summed E-state index contributed by atoms with van der Waals surface area (Å²) in [4.78, 5) is 36.6. The number of carbonyl (C=O) groups is 3. The van der Waals surface area contributed by atoms with Crippen LogP contribution in [0.3, 0.4) is 0 Å². The zero-order valence-corrected chi connectivity index (χ0v) is 31.6. The molecular weight excluding hydrogens is 774 g/mol. The molecule has 0 saturated carbocycles. The first-order chi connectivity index (χ1) is 24.5. The number of nitrogens with one attached hydrogen (secondary N) is 2. The molecule has 8 nitrogen and oxygen atoms in total. The maximum Gasteiger partial charge on any atom is 0.408 e. The van der Waals surface area contributed by atoms with E-state index in [2.05, 4.69) is 82.9 Å². The van der Waals surface area contributed by atoms with Crippen LogP contribution in [-0.2, 0) is 14.3 Å². The second-order valence-electron chi connectivity index (χ2n) is 11.8. The number of aliphatic carboxylic acids is 2. The number of fused-ring (bicyclic) bond motifs is 6. The standard InChI is InChI=1S/C20H18Cl3NO4S.C17H16ClNO2S/c21-20(22,23)11-28-19(27)24-17(18(25)26)10-29-9-16-14-7-3-1-5-12(14)13-6-2-4-8-15(13)16;18-19-16(17(20)21)10-22-9-15-13-7-3-1-5-11(13)12-6-2-4-8-14(12)15/h1-8,16-17H,9-11H2,(H,24,27)(H,25,26);1-8,15-16,19H,9-10H2,(H,20,21)/t17-;/m1./s1. The van der Waals surface area contributed by atoms with Crippen molar-refractivity contribution in [1.82, 2.24) is 10.2 Å². The molecule has 6 rings (SSSR count). The largest absolute Gasteiger partial charge is 0.480 e. The third kappa shape index (κ3) is 10.1. The third-order valence-corrected chi connectivity index (χ3v) is 11.3. The quantitative estimate of drug-likeness (QED) is 0.0775. The molecule has 4 N–H and O–H groups in total. The van der Waals surface area contributed by atoms with E-state index in [1.807, 2.05) is 24.3 Å². The van der Waals surface area contributed by atoms with Gasteiger partial charge in [0.05, 0.1) is 0 Å². The number of halogens is 4. The average Bonchev–Trinajstić information content (AvgIpc) is 3.61. The van der Waals surface area contributed by atoms with Gasteiger partial charge in [-0.05, 0) is 56.3 Å². The highest BCUT2D eigenvalue weighted by molar-refractivity contribution is 7.99. The molecule has 0 saturated heterocycles. The van der Waals surface area contributed by atoms with E-state index in [9.17, 15) is 19.5 Å². The molecule has 0 radical (unpaired) electrons. The van der Waals surface area contributed by atoms with Crippen molar-refractivity contribution >= 4 is 88.1 Å². The van der Waals surface area contributed by atoms with E-state index in [0.717, 1.165) is 5.75 Å². The molecule has 0 spiro atoms. The maximum atomic E-state index is 11.8. The molecule has 2 atom stereocenters. The Labute approximate surface area is 324 Å². The molecule has 51 heavy (non-hydrogen) atoms. The summed E-state index contributed by atoms with van der Waals surface area (Å²) in [5.41, 5.74) is 10.1. The molecule has 1 amide bonds. The number of thioether (sulfide) groups is 2. The van der Waals surface area contributed by atoms with Gasteiger partial charge in [0.15, 0.2) is 0 Å². The summed E-state index contributed by atoms with van der Waals surface area (Å²) in [6.45, 7) is -0.474. The van der Waals surface area contributed by atoms with Gasteiger partial charge in [-0.3, -0.25) is 4.79 Å². The second kappa shape index (κ2) is 18.1. The number of benzene rings is 4. The Morgan fingerprint density at radius 3 is 1.33 bits per heavy atom. The molecule has 4 aromatic carbocycles. The molecule has 1 unspecified atom stereocenters. The molecule has 4 aromatic rings. The molecule has 2 aliphatic carbocycles. The van der Waals surface area contributed by atoms with Gasteiger partial charge in [0.2, 0.25) is 3.79 Å². The number of rotatable bonds is 13. The zero-order valence-electron chi connectivity index (χ0n) is 26.9. The molecule has 0 aromatic heterocycles. The van der Waals surface area contributed by atoms with Gasteiger partial charge in [0, 0.05) is 34.8 Å². The lowest BCUT2D eigenvalue weighted by Gasteiger charge is -2.18. The highest BCUT2D eigenvalue weighted by Crippen LogP contribution is 2.47. The average molecular weight is 809 g/mol. The lowest BCUT2D eigenvalue weighted by molar-refractivity contribution is -0.139. The summed E-state index contributed by atoms with van der Waals surface area (Å²) < 4.78 is 2.99. The van der Waals surface area contributed by atoms with Crippen LogP contribution in [0.25, 0.3) is 22.3 Å².